The van der Waals surface area contributed by atoms with Gasteiger partial charge in [0.25, 0.3) is 0 Å². The summed E-state index contributed by atoms with van der Waals surface area (Å²) >= 11 is 0. The van der Waals surface area contributed by atoms with Crippen LogP contribution in [0.4, 0.5) is 5.69 Å². The highest BCUT2D eigenvalue weighted by Crippen LogP contribution is 2.21. The maximum Gasteiger partial charge on any atom is 0.337 e. The minimum atomic E-state index is -3.52. The van der Waals surface area contributed by atoms with Gasteiger partial charge in [-0.15, -0.1) is 0 Å². The third-order valence-corrected chi connectivity index (χ3v) is 4.53. The fourth-order valence-corrected chi connectivity index (χ4v) is 3.02. The van der Waals surface area contributed by atoms with Crippen molar-refractivity contribution in [1.82, 2.24) is 0 Å². The minimum absolute atomic E-state index is 0.127. The van der Waals surface area contributed by atoms with Crippen molar-refractivity contribution >= 4 is 21.7 Å². The van der Waals surface area contributed by atoms with E-state index in [2.05, 4.69) is 4.74 Å². The van der Waals surface area contributed by atoms with Crippen molar-refractivity contribution < 1.29 is 17.9 Å². The molecule has 6 nitrogen and oxygen atoms in total. The molecule has 0 unspecified atom stereocenters. The Bertz CT molecular complexity index is 866. The average molecular weight is 344 g/mol. The second-order valence-corrected chi connectivity index (χ2v) is 7.02. The second-order valence-electron chi connectivity index (χ2n) is 5.12. The van der Waals surface area contributed by atoms with Crippen LogP contribution in [0.2, 0.25) is 0 Å². The second kappa shape index (κ2) is 7.15. The molecule has 2 aromatic rings. The molecule has 0 atom stereocenters. The molecule has 2 rings (SSSR count). The number of carbonyl (C=O) groups is 1. The number of hydrogen-bond acceptors (Lipinski definition) is 5. The SMILES string of the molecule is COC(=O)c1ccc(N(Cc2ccc(C#N)cc2)S(C)(=O)=O)cc1. The molecular weight excluding hydrogens is 328 g/mol. The number of ether oxygens (including phenoxy) is 1. The van der Waals surface area contributed by atoms with E-state index in [0.717, 1.165) is 11.8 Å². The van der Waals surface area contributed by atoms with Gasteiger partial charge in [0, 0.05) is 0 Å². The topological polar surface area (TPSA) is 87.5 Å². The molecule has 0 fully saturated rings. The molecule has 0 aliphatic carbocycles. The summed E-state index contributed by atoms with van der Waals surface area (Å²) in [6.45, 7) is 0.127. The number of benzene rings is 2. The first-order valence-electron chi connectivity index (χ1n) is 7.00. The van der Waals surface area contributed by atoms with E-state index in [4.69, 9.17) is 5.26 Å². The summed E-state index contributed by atoms with van der Waals surface area (Å²) in [7, 11) is -2.24. The maximum absolute atomic E-state index is 12.1. The van der Waals surface area contributed by atoms with E-state index >= 15 is 0 Å². The monoisotopic (exact) mass is 344 g/mol. The molecule has 2 aromatic carbocycles. The van der Waals surface area contributed by atoms with Crippen LogP contribution in [0.5, 0.6) is 0 Å². The largest absolute Gasteiger partial charge is 0.465 e. The highest BCUT2D eigenvalue weighted by atomic mass is 32.2. The number of nitrogens with zero attached hydrogens (tertiary/aromatic N) is 2. The number of esters is 1. The minimum Gasteiger partial charge on any atom is -0.465 e. The van der Waals surface area contributed by atoms with Crippen molar-refractivity contribution in [3.8, 4) is 6.07 Å². The summed E-state index contributed by atoms with van der Waals surface area (Å²) in [6.07, 6.45) is 1.12. The Balaban J connectivity index is 2.32. The van der Waals surface area contributed by atoms with E-state index in [0.29, 0.717) is 16.8 Å². The van der Waals surface area contributed by atoms with Crippen LogP contribution in [-0.4, -0.2) is 27.8 Å². The molecule has 24 heavy (non-hydrogen) atoms. The van der Waals surface area contributed by atoms with Crippen LogP contribution >= 0.6 is 0 Å². The van der Waals surface area contributed by atoms with Crippen LogP contribution in [-0.2, 0) is 21.3 Å². The standard InChI is InChI=1S/C17H16N2O4S/c1-23-17(20)15-7-9-16(10-8-15)19(24(2,21)22)12-14-5-3-13(11-18)4-6-14/h3-10H,12H2,1-2H3. The Labute approximate surface area is 141 Å². The average Bonchev–Trinajstić information content (AvgIpc) is 2.58. The van der Waals surface area contributed by atoms with Gasteiger partial charge in [0.05, 0.1) is 42.8 Å². The highest BCUT2D eigenvalue weighted by molar-refractivity contribution is 7.92. The first-order chi connectivity index (χ1) is 11.3. The Kier molecular flexibility index (Phi) is 5.21. The highest BCUT2D eigenvalue weighted by Gasteiger charge is 2.18. The normalized spacial score (nSPS) is 10.7. The summed E-state index contributed by atoms with van der Waals surface area (Å²) in [5, 5.41) is 8.81. The summed E-state index contributed by atoms with van der Waals surface area (Å²) < 4.78 is 30.1. The fourth-order valence-electron chi connectivity index (χ4n) is 2.13. The lowest BCUT2D eigenvalue weighted by atomic mass is 10.1. The van der Waals surface area contributed by atoms with E-state index in [1.807, 2.05) is 6.07 Å². The van der Waals surface area contributed by atoms with Gasteiger partial charge < -0.3 is 4.74 Å². The Morgan fingerprint density at radius 1 is 1.12 bits per heavy atom. The lowest BCUT2D eigenvalue weighted by Gasteiger charge is -2.22. The van der Waals surface area contributed by atoms with Crippen molar-refractivity contribution in [3.05, 3.63) is 65.2 Å². The third kappa shape index (κ3) is 4.12. The zero-order valence-electron chi connectivity index (χ0n) is 13.3. The maximum atomic E-state index is 12.1. The van der Waals surface area contributed by atoms with Gasteiger partial charge in [-0.25, -0.2) is 13.2 Å². The van der Waals surface area contributed by atoms with Crippen molar-refractivity contribution in [1.29, 1.82) is 5.26 Å². The molecular formula is C17H16N2O4S. The van der Waals surface area contributed by atoms with E-state index in [1.165, 1.54) is 23.5 Å². The van der Waals surface area contributed by atoms with Crippen LogP contribution in [0.3, 0.4) is 0 Å². The van der Waals surface area contributed by atoms with Crippen LogP contribution in [0.15, 0.2) is 48.5 Å². The van der Waals surface area contributed by atoms with E-state index < -0.39 is 16.0 Å². The van der Waals surface area contributed by atoms with Gasteiger partial charge in [-0.2, -0.15) is 5.26 Å². The van der Waals surface area contributed by atoms with Gasteiger partial charge >= 0.3 is 5.97 Å². The lowest BCUT2D eigenvalue weighted by molar-refractivity contribution is 0.0601. The van der Waals surface area contributed by atoms with Crippen LogP contribution < -0.4 is 4.31 Å². The molecule has 0 N–H and O–H groups in total. The summed E-state index contributed by atoms with van der Waals surface area (Å²) in [5.74, 6) is -0.487. The summed E-state index contributed by atoms with van der Waals surface area (Å²) in [4.78, 5) is 11.5. The zero-order chi connectivity index (χ0) is 17.7. The Morgan fingerprint density at radius 3 is 2.17 bits per heavy atom. The Hall–Kier alpha value is -2.85. The predicted octanol–water partition coefficient (Wildman–Crippen LogP) is 2.31. The molecule has 124 valence electrons. The van der Waals surface area contributed by atoms with Gasteiger partial charge in [0.2, 0.25) is 10.0 Å². The molecule has 7 heteroatoms. The number of rotatable bonds is 5. The molecule has 0 saturated heterocycles. The van der Waals surface area contributed by atoms with E-state index in [9.17, 15) is 13.2 Å². The van der Waals surface area contributed by atoms with Gasteiger partial charge in [-0.05, 0) is 42.0 Å². The first kappa shape index (κ1) is 17.5. The smallest absolute Gasteiger partial charge is 0.337 e. The lowest BCUT2D eigenvalue weighted by Crippen LogP contribution is -2.29. The van der Waals surface area contributed by atoms with E-state index in [-0.39, 0.29) is 6.54 Å². The van der Waals surface area contributed by atoms with Crippen molar-refractivity contribution in [2.24, 2.45) is 0 Å². The molecule has 0 amide bonds. The van der Waals surface area contributed by atoms with Gasteiger partial charge in [-0.3, -0.25) is 4.31 Å². The fraction of sp³-hybridized carbons (Fsp3) is 0.176. The van der Waals surface area contributed by atoms with Gasteiger partial charge in [0.15, 0.2) is 0 Å². The van der Waals surface area contributed by atoms with Crippen molar-refractivity contribution in [2.45, 2.75) is 6.54 Å². The van der Waals surface area contributed by atoms with Crippen molar-refractivity contribution in [2.75, 3.05) is 17.7 Å². The number of hydrogen-bond donors (Lipinski definition) is 0. The number of sulfonamides is 1. The first-order valence-corrected chi connectivity index (χ1v) is 8.85. The quantitative estimate of drug-likeness (QED) is 0.777. The molecule has 0 aliphatic heterocycles. The number of carbonyl (C=O) groups excluding carboxylic acids is 1. The number of methoxy groups -OCH3 is 1. The molecule has 0 bridgehead atoms. The summed E-state index contributed by atoms with van der Waals surface area (Å²) in [6, 6.07) is 14.8. The molecule has 0 saturated carbocycles. The van der Waals surface area contributed by atoms with Crippen LogP contribution in [0, 0.1) is 11.3 Å². The van der Waals surface area contributed by atoms with Crippen molar-refractivity contribution in [3.63, 3.8) is 0 Å². The summed E-state index contributed by atoms with van der Waals surface area (Å²) in [5.41, 5.74) is 2.03. The molecule has 0 aliphatic rings. The van der Waals surface area contributed by atoms with Crippen LogP contribution in [0.1, 0.15) is 21.5 Å². The third-order valence-electron chi connectivity index (χ3n) is 3.39. The van der Waals surface area contributed by atoms with Crippen LogP contribution in [0.25, 0.3) is 0 Å². The molecule has 0 spiro atoms. The number of anilines is 1. The van der Waals surface area contributed by atoms with E-state index in [1.54, 1.807) is 36.4 Å². The molecule has 0 aromatic heterocycles. The zero-order valence-corrected chi connectivity index (χ0v) is 14.1. The predicted molar refractivity (Wildman–Crippen MR) is 90.0 cm³/mol. The van der Waals surface area contributed by atoms with Gasteiger partial charge in [0.1, 0.15) is 0 Å². The van der Waals surface area contributed by atoms with Gasteiger partial charge in [-0.1, -0.05) is 12.1 Å². The number of nitriles is 1. The molecule has 0 heterocycles. The Morgan fingerprint density at radius 2 is 1.71 bits per heavy atom. The molecule has 0 radical (unpaired) electrons.